The van der Waals surface area contributed by atoms with Crippen LogP contribution in [0.15, 0.2) is 36.4 Å². The van der Waals surface area contributed by atoms with Crippen LogP contribution in [0.4, 0.5) is 4.39 Å². The Labute approximate surface area is 156 Å². The van der Waals surface area contributed by atoms with E-state index in [2.05, 4.69) is 5.32 Å². The summed E-state index contributed by atoms with van der Waals surface area (Å²) in [6.45, 7) is 0.302. The first kappa shape index (κ1) is 19.5. The molecule has 7 heteroatoms. The summed E-state index contributed by atoms with van der Waals surface area (Å²) < 4.78 is 18.5. The highest BCUT2D eigenvalue weighted by atomic mass is 35.5. The normalized spacial score (nSPS) is 12.1. The van der Waals surface area contributed by atoms with E-state index in [-0.39, 0.29) is 27.8 Å². The van der Waals surface area contributed by atoms with Crippen LogP contribution in [0.25, 0.3) is 0 Å². The first-order valence-corrected chi connectivity index (χ1v) is 8.32. The second-order valence-electron chi connectivity index (χ2n) is 5.72. The number of methoxy groups -OCH3 is 1. The molecule has 0 bridgehead atoms. The fourth-order valence-electron chi connectivity index (χ4n) is 2.49. The number of halogens is 3. The standard InChI is InChI=1S/C18H19Cl2FN2O2/c1-23(2)16(11-5-4-6-13(21)7-11)10-22-18(24)12-8-14(19)17(25-3)15(20)9-12/h4-9,16H,10H2,1-3H3,(H,22,24). The molecular formula is C18H19Cl2FN2O2. The quantitative estimate of drug-likeness (QED) is 0.812. The summed E-state index contributed by atoms with van der Waals surface area (Å²) in [5.41, 5.74) is 1.10. The molecule has 0 aliphatic heterocycles. The number of amides is 1. The molecule has 0 aliphatic carbocycles. The molecule has 0 spiro atoms. The topological polar surface area (TPSA) is 41.6 Å². The molecule has 0 aliphatic rings. The summed E-state index contributed by atoms with van der Waals surface area (Å²) in [4.78, 5) is 14.3. The number of nitrogens with zero attached hydrogens (tertiary/aromatic N) is 1. The van der Waals surface area contributed by atoms with E-state index in [1.54, 1.807) is 6.07 Å². The Morgan fingerprint density at radius 3 is 2.40 bits per heavy atom. The predicted molar refractivity (Wildman–Crippen MR) is 98.2 cm³/mol. The third kappa shape index (κ3) is 4.84. The lowest BCUT2D eigenvalue weighted by molar-refractivity contribution is 0.0942. The second-order valence-corrected chi connectivity index (χ2v) is 6.53. The van der Waals surface area contributed by atoms with Crippen LogP contribution in [0.5, 0.6) is 5.75 Å². The van der Waals surface area contributed by atoms with E-state index in [0.29, 0.717) is 17.9 Å². The molecule has 0 saturated carbocycles. The molecule has 0 aromatic heterocycles. The smallest absolute Gasteiger partial charge is 0.251 e. The van der Waals surface area contributed by atoms with Crippen molar-refractivity contribution in [3.63, 3.8) is 0 Å². The van der Waals surface area contributed by atoms with Crippen LogP contribution >= 0.6 is 23.2 Å². The van der Waals surface area contributed by atoms with Crippen molar-refractivity contribution in [1.29, 1.82) is 0 Å². The summed E-state index contributed by atoms with van der Waals surface area (Å²) in [6.07, 6.45) is 0. The second kappa shape index (κ2) is 8.52. The molecule has 1 atom stereocenters. The van der Waals surface area contributed by atoms with Crippen LogP contribution in [0.3, 0.4) is 0 Å². The zero-order chi connectivity index (χ0) is 18.6. The van der Waals surface area contributed by atoms with Crippen LogP contribution in [0.1, 0.15) is 22.0 Å². The lowest BCUT2D eigenvalue weighted by Crippen LogP contribution is -2.34. The highest BCUT2D eigenvalue weighted by Crippen LogP contribution is 2.33. The average Bonchev–Trinajstić information content (AvgIpc) is 2.54. The van der Waals surface area contributed by atoms with Gasteiger partial charge in [-0.15, -0.1) is 0 Å². The molecule has 25 heavy (non-hydrogen) atoms. The molecule has 134 valence electrons. The zero-order valence-electron chi connectivity index (χ0n) is 14.1. The number of hydrogen-bond donors (Lipinski definition) is 1. The van der Waals surface area contributed by atoms with Gasteiger partial charge in [0.1, 0.15) is 5.82 Å². The van der Waals surface area contributed by atoms with E-state index in [9.17, 15) is 9.18 Å². The summed E-state index contributed by atoms with van der Waals surface area (Å²) in [6, 6.07) is 9.12. The predicted octanol–water partition coefficient (Wildman–Crippen LogP) is 4.17. The Balaban J connectivity index is 2.14. The van der Waals surface area contributed by atoms with E-state index < -0.39 is 0 Å². The molecule has 2 rings (SSSR count). The number of carbonyl (C=O) groups is 1. The maximum Gasteiger partial charge on any atom is 0.251 e. The van der Waals surface area contributed by atoms with Gasteiger partial charge in [-0.05, 0) is 43.9 Å². The first-order valence-electron chi connectivity index (χ1n) is 7.56. The Bertz CT molecular complexity index is 745. The fraction of sp³-hybridized carbons (Fsp3) is 0.278. The molecule has 4 nitrogen and oxygen atoms in total. The fourth-order valence-corrected chi connectivity index (χ4v) is 3.13. The van der Waals surface area contributed by atoms with Gasteiger partial charge in [0.05, 0.1) is 23.2 Å². The minimum atomic E-state index is -0.324. The van der Waals surface area contributed by atoms with E-state index in [0.717, 1.165) is 5.56 Å². The number of likely N-dealkylation sites (N-methyl/N-ethyl adjacent to an activating group) is 1. The summed E-state index contributed by atoms with van der Waals surface area (Å²) in [7, 11) is 5.18. The minimum absolute atomic E-state index is 0.177. The molecule has 2 aromatic rings. The molecule has 0 fully saturated rings. The molecule has 1 amide bonds. The van der Waals surface area contributed by atoms with Crippen LogP contribution in [0.2, 0.25) is 10.0 Å². The van der Waals surface area contributed by atoms with Crippen molar-refractivity contribution in [2.75, 3.05) is 27.7 Å². The lowest BCUT2D eigenvalue weighted by atomic mass is 10.1. The molecule has 0 radical (unpaired) electrons. The van der Waals surface area contributed by atoms with E-state index in [1.807, 2.05) is 25.1 Å². The van der Waals surface area contributed by atoms with Gasteiger partial charge in [0, 0.05) is 12.1 Å². The van der Waals surface area contributed by atoms with Gasteiger partial charge in [-0.3, -0.25) is 4.79 Å². The lowest BCUT2D eigenvalue weighted by Gasteiger charge is -2.25. The summed E-state index contributed by atoms with van der Waals surface area (Å²) in [5, 5.41) is 3.35. The van der Waals surface area contributed by atoms with Crippen molar-refractivity contribution in [3.05, 3.63) is 63.4 Å². The van der Waals surface area contributed by atoms with E-state index in [1.165, 1.54) is 31.4 Å². The van der Waals surface area contributed by atoms with Gasteiger partial charge in [0.25, 0.3) is 5.91 Å². The highest BCUT2D eigenvalue weighted by Gasteiger charge is 2.18. The zero-order valence-corrected chi connectivity index (χ0v) is 15.7. The Morgan fingerprint density at radius 1 is 1.24 bits per heavy atom. The number of hydrogen-bond acceptors (Lipinski definition) is 3. The monoisotopic (exact) mass is 384 g/mol. The number of rotatable bonds is 6. The van der Waals surface area contributed by atoms with Crippen molar-refractivity contribution < 1.29 is 13.9 Å². The Hall–Kier alpha value is -1.82. The van der Waals surface area contributed by atoms with Crippen molar-refractivity contribution in [2.45, 2.75) is 6.04 Å². The number of ether oxygens (including phenoxy) is 1. The molecular weight excluding hydrogens is 366 g/mol. The first-order chi connectivity index (χ1) is 11.8. The van der Waals surface area contributed by atoms with Crippen LogP contribution in [-0.2, 0) is 0 Å². The molecule has 2 aromatic carbocycles. The van der Waals surface area contributed by atoms with Crippen molar-refractivity contribution >= 4 is 29.1 Å². The maximum atomic E-state index is 13.5. The Morgan fingerprint density at radius 2 is 1.88 bits per heavy atom. The van der Waals surface area contributed by atoms with Crippen LogP contribution < -0.4 is 10.1 Å². The molecule has 1 unspecified atom stereocenters. The summed E-state index contributed by atoms with van der Waals surface area (Å²) in [5.74, 6) is -0.315. The summed E-state index contributed by atoms with van der Waals surface area (Å²) >= 11 is 12.1. The van der Waals surface area contributed by atoms with Gasteiger partial charge < -0.3 is 15.0 Å². The maximum absolute atomic E-state index is 13.5. The highest BCUT2D eigenvalue weighted by molar-refractivity contribution is 6.37. The van der Waals surface area contributed by atoms with E-state index >= 15 is 0 Å². The van der Waals surface area contributed by atoms with Gasteiger partial charge in [-0.2, -0.15) is 0 Å². The van der Waals surface area contributed by atoms with Crippen LogP contribution in [-0.4, -0.2) is 38.6 Å². The van der Waals surface area contributed by atoms with Gasteiger partial charge in [-0.25, -0.2) is 4.39 Å². The largest absolute Gasteiger partial charge is 0.494 e. The van der Waals surface area contributed by atoms with E-state index in [4.69, 9.17) is 27.9 Å². The van der Waals surface area contributed by atoms with Crippen molar-refractivity contribution in [1.82, 2.24) is 10.2 Å². The third-order valence-electron chi connectivity index (χ3n) is 3.78. The average molecular weight is 385 g/mol. The third-order valence-corrected chi connectivity index (χ3v) is 4.34. The Kier molecular flexibility index (Phi) is 6.64. The van der Waals surface area contributed by atoms with Gasteiger partial charge in [0.15, 0.2) is 5.75 Å². The van der Waals surface area contributed by atoms with Crippen LogP contribution in [0, 0.1) is 5.82 Å². The van der Waals surface area contributed by atoms with Gasteiger partial charge in [-0.1, -0.05) is 35.3 Å². The molecule has 0 saturated heterocycles. The van der Waals surface area contributed by atoms with Gasteiger partial charge in [0.2, 0.25) is 0 Å². The molecule has 0 heterocycles. The number of carbonyl (C=O) groups excluding carboxylic acids is 1. The number of nitrogens with one attached hydrogen (secondary N) is 1. The molecule has 1 N–H and O–H groups in total. The SMILES string of the molecule is COc1c(Cl)cc(C(=O)NCC(c2cccc(F)c2)N(C)C)cc1Cl. The van der Waals surface area contributed by atoms with Crippen molar-refractivity contribution in [2.24, 2.45) is 0 Å². The number of benzene rings is 2. The van der Waals surface area contributed by atoms with Crippen molar-refractivity contribution in [3.8, 4) is 5.75 Å². The van der Waals surface area contributed by atoms with Gasteiger partial charge >= 0.3 is 0 Å². The minimum Gasteiger partial charge on any atom is -0.494 e.